The molecule has 58 valence electrons. The van der Waals surface area contributed by atoms with Gasteiger partial charge in [-0.25, -0.2) is 0 Å². The van der Waals surface area contributed by atoms with Crippen molar-refractivity contribution in [2.75, 3.05) is 0 Å². The smallest absolute Gasteiger partial charge is 0.106 e. The number of alkyl halides is 1. The van der Waals surface area contributed by atoms with Crippen molar-refractivity contribution in [3.05, 3.63) is 40.3 Å². The summed E-state index contributed by atoms with van der Waals surface area (Å²) in [6.07, 6.45) is 0. The number of halogens is 1. The van der Waals surface area contributed by atoms with E-state index >= 15 is 0 Å². The second-order valence-corrected chi connectivity index (χ2v) is 2.80. The van der Waals surface area contributed by atoms with E-state index in [1.165, 1.54) is 5.56 Å². The summed E-state index contributed by atoms with van der Waals surface area (Å²) in [5.41, 5.74) is 2.14. The quantitative estimate of drug-likeness (QED) is 0.561. The maximum atomic E-state index is 9.91. The fraction of sp³-hybridized carbons (Fsp3) is 0.250. The van der Waals surface area contributed by atoms with Crippen LogP contribution in [0.15, 0.2) is 29.4 Å². The normalized spacial score (nSPS) is 9.55. The fourth-order valence-corrected chi connectivity index (χ4v) is 1.23. The van der Waals surface area contributed by atoms with Gasteiger partial charge in [-0.2, -0.15) is 4.91 Å². The summed E-state index contributed by atoms with van der Waals surface area (Å²) in [5.74, 6) is 0. The number of benzene rings is 1. The first-order chi connectivity index (χ1) is 5.36. The summed E-state index contributed by atoms with van der Waals surface area (Å²) >= 11 is 3.33. The molecule has 1 rings (SSSR count). The van der Waals surface area contributed by atoms with Crippen molar-refractivity contribution in [2.24, 2.45) is 5.18 Å². The van der Waals surface area contributed by atoms with Gasteiger partial charge in [0.05, 0.1) is 0 Å². The first-order valence-corrected chi connectivity index (χ1v) is 4.42. The highest BCUT2D eigenvalue weighted by Gasteiger charge is 1.93. The maximum absolute atomic E-state index is 9.91. The Morgan fingerprint density at radius 2 is 2.09 bits per heavy atom. The molecule has 11 heavy (non-hydrogen) atoms. The Morgan fingerprint density at radius 1 is 1.36 bits per heavy atom. The van der Waals surface area contributed by atoms with Gasteiger partial charge in [0, 0.05) is 5.33 Å². The average molecular weight is 214 g/mol. The number of hydrogen-bond acceptors (Lipinski definition) is 2. The molecule has 0 aliphatic rings. The first kappa shape index (κ1) is 8.40. The highest BCUT2D eigenvalue weighted by Crippen LogP contribution is 2.09. The third kappa shape index (κ3) is 2.42. The van der Waals surface area contributed by atoms with Gasteiger partial charge in [0.25, 0.3) is 0 Å². The van der Waals surface area contributed by atoms with Crippen LogP contribution in [0.5, 0.6) is 0 Å². The van der Waals surface area contributed by atoms with Gasteiger partial charge >= 0.3 is 0 Å². The van der Waals surface area contributed by atoms with Crippen LogP contribution in [-0.2, 0) is 11.9 Å². The molecule has 0 saturated carbocycles. The van der Waals surface area contributed by atoms with E-state index in [1.54, 1.807) is 0 Å². The van der Waals surface area contributed by atoms with Crippen LogP contribution < -0.4 is 0 Å². The molecule has 1 aromatic rings. The minimum absolute atomic E-state index is 0.265. The molecule has 0 atom stereocenters. The SMILES string of the molecule is O=NCc1cccc(CBr)c1. The lowest BCUT2D eigenvalue weighted by Gasteiger charge is -1.96. The largest absolute Gasteiger partial charge is 0.150 e. The van der Waals surface area contributed by atoms with Gasteiger partial charge < -0.3 is 0 Å². The molecular formula is C8H8BrNO. The van der Waals surface area contributed by atoms with E-state index in [9.17, 15) is 4.91 Å². The van der Waals surface area contributed by atoms with E-state index in [4.69, 9.17) is 0 Å². The van der Waals surface area contributed by atoms with Crippen molar-refractivity contribution in [2.45, 2.75) is 11.9 Å². The Hall–Kier alpha value is -0.700. The molecule has 0 unspecified atom stereocenters. The van der Waals surface area contributed by atoms with Crippen LogP contribution in [0.2, 0.25) is 0 Å². The molecule has 0 aliphatic carbocycles. The number of rotatable bonds is 3. The molecule has 0 aliphatic heterocycles. The van der Waals surface area contributed by atoms with E-state index < -0.39 is 0 Å². The lowest BCUT2D eigenvalue weighted by atomic mass is 10.1. The Labute approximate surface area is 73.7 Å². The summed E-state index contributed by atoms with van der Waals surface area (Å²) in [4.78, 5) is 9.91. The monoisotopic (exact) mass is 213 g/mol. The van der Waals surface area contributed by atoms with Gasteiger partial charge in [-0.3, -0.25) is 0 Å². The molecule has 0 aromatic heterocycles. The van der Waals surface area contributed by atoms with E-state index in [0.29, 0.717) is 0 Å². The number of nitrogens with zero attached hydrogens (tertiary/aromatic N) is 1. The third-order valence-corrected chi connectivity index (χ3v) is 2.04. The summed E-state index contributed by atoms with van der Waals surface area (Å²) in [6.45, 7) is 0.265. The summed E-state index contributed by atoms with van der Waals surface area (Å²) in [5, 5.41) is 3.64. The predicted octanol–water partition coefficient (Wildman–Crippen LogP) is 2.85. The van der Waals surface area contributed by atoms with Crippen LogP contribution in [0.25, 0.3) is 0 Å². The van der Waals surface area contributed by atoms with Crippen molar-refractivity contribution in [3.63, 3.8) is 0 Å². The summed E-state index contributed by atoms with van der Waals surface area (Å²) < 4.78 is 0. The molecular weight excluding hydrogens is 206 g/mol. The standard InChI is InChI=1S/C8H8BrNO/c9-5-7-2-1-3-8(4-7)6-10-11/h1-4H,5-6H2. The molecule has 0 spiro atoms. The molecule has 0 radical (unpaired) electrons. The molecule has 2 nitrogen and oxygen atoms in total. The van der Waals surface area contributed by atoms with E-state index in [0.717, 1.165) is 10.9 Å². The van der Waals surface area contributed by atoms with Crippen LogP contribution in [0.3, 0.4) is 0 Å². The molecule has 0 saturated heterocycles. The highest BCUT2D eigenvalue weighted by molar-refractivity contribution is 9.08. The summed E-state index contributed by atoms with van der Waals surface area (Å²) in [6, 6.07) is 7.80. The van der Waals surface area contributed by atoms with Gasteiger partial charge in [0.15, 0.2) is 0 Å². The summed E-state index contributed by atoms with van der Waals surface area (Å²) in [7, 11) is 0. The molecule has 0 N–H and O–H groups in total. The zero-order chi connectivity index (χ0) is 8.10. The molecule has 1 aromatic carbocycles. The first-order valence-electron chi connectivity index (χ1n) is 3.29. The molecule has 0 fully saturated rings. The van der Waals surface area contributed by atoms with E-state index in [1.807, 2.05) is 24.3 Å². The van der Waals surface area contributed by atoms with Gasteiger partial charge in [-0.05, 0) is 11.1 Å². The molecule has 3 heteroatoms. The topological polar surface area (TPSA) is 29.4 Å². The Kier molecular flexibility index (Phi) is 3.23. The highest BCUT2D eigenvalue weighted by atomic mass is 79.9. The minimum atomic E-state index is 0.265. The molecule has 0 heterocycles. The average Bonchev–Trinajstić information content (AvgIpc) is 2.06. The zero-order valence-corrected chi connectivity index (χ0v) is 7.54. The molecule has 0 bridgehead atoms. The van der Waals surface area contributed by atoms with Gasteiger partial charge in [-0.1, -0.05) is 45.4 Å². The Balaban J connectivity index is 2.82. The lowest BCUT2D eigenvalue weighted by molar-refractivity contribution is 1.05. The van der Waals surface area contributed by atoms with Crippen LogP contribution in [-0.4, -0.2) is 0 Å². The van der Waals surface area contributed by atoms with Gasteiger partial charge in [0.2, 0.25) is 0 Å². The minimum Gasteiger partial charge on any atom is -0.150 e. The van der Waals surface area contributed by atoms with Crippen molar-refractivity contribution >= 4 is 15.9 Å². The van der Waals surface area contributed by atoms with Gasteiger partial charge in [0.1, 0.15) is 6.54 Å². The van der Waals surface area contributed by atoms with Crippen molar-refractivity contribution in [3.8, 4) is 0 Å². The van der Waals surface area contributed by atoms with E-state index in [-0.39, 0.29) is 6.54 Å². The predicted molar refractivity (Wildman–Crippen MR) is 48.6 cm³/mol. The van der Waals surface area contributed by atoms with Crippen molar-refractivity contribution < 1.29 is 0 Å². The second kappa shape index (κ2) is 4.23. The van der Waals surface area contributed by atoms with Crippen molar-refractivity contribution in [1.29, 1.82) is 0 Å². The van der Waals surface area contributed by atoms with Crippen molar-refractivity contribution in [1.82, 2.24) is 0 Å². The number of hydrogen-bond donors (Lipinski definition) is 0. The Bertz CT molecular complexity index is 250. The second-order valence-electron chi connectivity index (χ2n) is 2.24. The molecule has 0 amide bonds. The van der Waals surface area contributed by atoms with Gasteiger partial charge in [-0.15, -0.1) is 0 Å². The van der Waals surface area contributed by atoms with Crippen LogP contribution in [0.1, 0.15) is 11.1 Å². The lowest BCUT2D eigenvalue weighted by Crippen LogP contribution is -1.82. The van der Waals surface area contributed by atoms with Crippen LogP contribution in [0.4, 0.5) is 0 Å². The van der Waals surface area contributed by atoms with Crippen LogP contribution >= 0.6 is 15.9 Å². The van der Waals surface area contributed by atoms with E-state index in [2.05, 4.69) is 21.1 Å². The fourth-order valence-electron chi connectivity index (χ4n) is 0.886. The van der Waals surface area contributed by atoms with Crippen LogP contribution in [0, 0.1) is 4.91 Å². The number of nitroso groups, excluding NO2 is 1. The maximum Gasteiger partial charge on any atom is 0.106 e. The third-order valence-electron chi connectivity index (χ3n) is 1.39. The Morgan fingerprint density at radius 3 is 2.73 bits per heavy atom. The zero-order valence-electron chi connectivity index (χ0n) is 5.96.